The Bertz CT molecular complexity index is 913. The first-order valence-electron chi connectivity index (χ1n) is 11.2. The Balaban J connectivity index is 2.16. The predicted octanol–water partition coefficient (Wildman–Crippen LogP) is 6.38. The summed E-state index contributed by atoms with van der Waals surface area (Å²) in [6.07, 6.45) is 1.77. The van der Waals surface area contributed by atoms with Crippen LogP contribution in [0.2, 0.25) is 10.0 Å². The van der Waals surface area contributed by atoms with Crippen molar-refractivity contribution in [3.05, 3.63) is 69.2 Å². The number of rotatable bonds is 10. The van der Waals surface area contributed by atoms with Crippen LogP contribution in [-0.4, -0.2) is 28.8 Å². The van der Waals surface area contributed by atoms with Gasteiger partial charge in [0.1, 0.15) is 6.04 Å². The molecule has 0 radical (unpaired) electrons. The average Bonchev–Trinajstić information content (AvgIpc) is 2.77. The van der Waals surface area contributed by atoms with E-state index >= 15 is 0 Å². The second kappa shape index (κ2) is 12.3. The van der Waals surface area contributed by atoms with Gasteiger partial charge in [0.15, 0.2) is 0 Å². The van der Waals surface area contributed by atoms with Crippen molar-refractivity contribution in [2.75, 3.05) is 0 Å². The first-order chi connectivity index (χ1) is 15.1. The maximum Gasteiger partial charge on any atom is 0.242 e. The molecule has 2 atom stereocenters. The molecule has 0 fully saturated rings. The van der Waals surface area contributed by atoms with E-state index in [1.54, 1.807) is 24.0 Å². The lowest BCUT2D eigenvalue weighted by Gasteiger charge is -2.30. The molecule has 32 heavy (non-hydrogen) atoms. The van der Waals surface area contributed by atoms with Crippen LogP contribution in [0.4, 0.5) is 0 Å². The molecule has 2 amide bonds. The molecular formula is C26H34Cl2N2O2. The van der Waals surface area contributed by atoms with Crippen LogP contribution in [0, 0.1) is 0 Å². The van der Waals surface area contributed by atoms with E-state index in [9.17, 15) is 9.59 Å². The third kappa shape index (κ3) is 7.53. The zero-order chi connectivity index (χ0) is 23.8. The summed E-state index contributed by atoms with van der Waals surface area (Å²) in [4.78, 5) is 27.7. The second-order valence-electron chi connectivity index (χ2n) is 8.66. The van der Waals surface area contributed by atoms with Crippen LogP contribution in [0.3, 0.4) is 0 Å². The predicted molar refractivity (Wildman–Crippen MR) is 133 cm³/mol. The van der Waals surface area contributed by atoms with Crippen LogP contribution >= 0.6 is 23.2 Å². The number of benzene rings is 2. The number of aryl methyl sites for hydroxylation is 1. The first kappa shape index (κ1) is 26.2. The average molecular weight is 477 g/mol. The van der Waals surface area contributed by atoms with E-state index in [1.165, 1.54) is 5.56 Å². The molecule has 2 aromatic carbocycles. The fraction of sp³-hybridized carbons (Fsp3) is 0.462. The Morgan fingerprint density at radius 3 is 2.12 bits per heavy atom. The third-order valence-electron chi connectivity index (χ3n) is 5.78. The Hall–Kier alpha value is -2.04. The SMILES string of the molecule is CCC(C)NC(=O)C(C)N(Cc1ccc(Cl)c(Cl)c1)C(=O)CCc1ccc(C(C)C)cc1. The molecule has 0 aromatic heterocycles. The topological polar surface area (TPSA) is 49.4 Å². The highest BCUT2D eigenvalue weighted by atomic mass is 35.5. The number of hydrogen-bond donors (Lipinski definition) is 1. The standard InChI is InChI=1S/C26H34Cl2N2O2/c1-6-18(4)29-26(32)19(5)30(16-21-9-13-23(27)24(28)15-21)25(31)14-10-20-7-11-22(12-8-20)17(2)3/h7-9,11-13,15,17-19H,6,10,14,16H2,1-5H3,(H,29,32). The molecule has 6 heteroatoms. The molecule has 2 unspecified atom stereocenters. The largest absolute Gasteiger partial charge is 0.352 e. The number of nitrogens with one attached hydrogen (secondary N) is 1. The zero-order valence-electron chi connectivity index (χ0n) is 19.6. The van der Waals surface area contributed by atoms with Crippen LogP contribution < -0.4 is 5.32 Å². The Morgan fingerprint density at radius 1 is 0.938 bits per heavy atom. The van der Waals surface area contributed by atoms with Gasteiger partial charge >= 0.3 is 0 Å². The van der Waals surface area contributed by atoms with Crippen molar-refractivity contribution in [3.8, 4) is 0 Å². The van der Waals surface area contributed by atoms with Crippen molar-refractivity contribution < 1.29 is 9.59 Å². The Kier molecular flexibility index (Phi) is 10.0. The minimum absolute atomic E-state index is 0.0475. The van der Waals surface area contributed by atoms with Crippen LogP contribution in [0.15, 0.2) is 42.5 Å². The lowest BCUT2D eigenvalue weighted by Crippen LogP contribution is -2.49. The van der Waals surface area contributed by atoms with Gasteiger partial charge in [-0.2, -0.15) is 0 Å². The number of nitrogens with zero attached hydrogens (tertiary/aromatic N) is 1. The highest BCUT2D eigenvalue weighted by Crippen LogP contribution is 2.24. The van der Waals surface area contributed by atoms with Crippen molar-refractivity contribution in [3.63, 3.8) is 0 Å². The summed E-state index contributed by atoms with van der Waals surface area (Å²) in [5.74, 6) is 0.238. The monoisotopic (exact) mass is 476 g/mol. The highest BCUT2D eigenvalue weighted by molar-refractivity contribution is 6.42. The maximum absolute atomic E-state index is 13.2. The molecule has 0 aliphatic carbocycles. The normalized spacial score (nSPS) is 13.0. The van der Waals surface area contributed by atoms with Crippen molar-refractivity contribution in [2.24, 2.45) is 0 Å². The second-order valence-corrected chi connectivity index (χ2v) is 9.47. The smallest absolute Gasteiger partial charge is 0.242 e. The van der Waals surface area contributed by atoms with Crippen molar-refractivity contribution in [1.29, 1.82) is 0 Å². The molecule has 0 bridgehead atoms. The fourth-order valence-electron chi connectivity index (χ4n) is 3.35. The van der Waals surface area contributed by atoms with Gasteiger partial charge in [-0.15, -0.1) is 0 Å². The molecule has 0 spiro atoms. The van der Waals surface area contributed by atoms with Gasteiger partial charge in [-0.3, -0.25) is 9.59 Å². The van der Waals surface area contributed by atoms with E-state index in [0.717, 1.165) is 17.5 Å². The number of halogens is 2. The van der Waals surface area contributed by atoms with E-state index in [-0.39, 0.29) is 24.4 Å². The lowest BCUT2D eigenvalue weighted by molar-refractivity contribution is -0.140. The molecular weight excluding hydrogens is 443 g/mol. The van der Waals surface area contributed by atoms with Crippen molar-refractivity contribution >= 4 is 35.0 Å². The van der Waals surface area contributed by atoms with Crippen LogP contribution in [0.5, 0.6) is 0 Å². The van der Waals surface area contributed by atoms with Gasteiger partial charge in [0.05, 0.1) is 10.0 Å². The summed E-state index contributed by atoms with van der Waals surface area (Å²) in [7, 11) is 0. The maximum atomic E-state index is 13.2. The highest BCUT2D eigenvalue weighted by Gasteiger charge is 2.26. The van der Waals surface area contributed by atoms with E-state index in [2.05, 4.69) is 43.4 Å². The quantitative estimate of drug-likeness (QED) is 0.432. The lowest BCUT2D eigenvalue weighted by atomic mass is 10.00. The zero-order valence-corrected chi connectivity index (χ0v) is 21.1. The molecule has 174 valence electrons. The number of hydrogen-bond acceptors (Lipinski definition) is 2. The molecule has 0 heterocycles. The van der Waals surface area contributed by atoms with Gasteiger partial charge in [-0.25, -0.2) is 0 Å². The summed E-state index contributed by atoms with van der Waals surface area (Å²) in [5.41, 5.74) is 3.21. The van der Waals surface area contributed by atoms with Gasteiger partial charge in [0.25, 0.3) is 0 Å². The van der Waals surface area contributed by atoms with Gasteiger partial charge in [-0.1, -0.05) is 74.3 Å². The Morgan fingerprint density at radius 2 is 1.56 bits per heavy atom. The molecule has 0 aliphatic rings. The third-order valence-corrected chi connectivity index (χ3v) is 6.52. The van der Waals surface area contributed by atoms with Crippen molar-refractivity contribution in [1.82, 2.24) is 10.2 Å². The van der Waals surface area contributed by atoms with E-state index < -0.39 is 6.04 Å². The molecule has 0 saturated heterocycles. The summed E-state index contributed by atoms with van der Waals surface area (Å²) in [5, 5.41) is 3.87. The van der Waals surface area contributed by atoms with Crippen LogP contribution in [0.25, 0.3) is 0 Å². The fourth-order valence-corrected chi connectivity index (χ4v) is 3.67. The van der Waals surface area contributed by atoms with Gasteiger partial charge in [0, 0.05) is 19.0 Å². The van der Waals surface area contributed by atoms with Crippen molar-refractivity contribution in [2.45, 2.75) is 78.4 Å². The van der Waals surface area contributed by atoms with E-state index in [0.29, 0.717) is 28.8 Å². The van der Waals surface area contributed by atoms with E-state index in [4.69, 9.17) is 23.2 Å². The summed E-state index contributed by atoms with van der Waals surface area (Å²) >= 11 is 12.2. The number of carbonyl (C=O) groups is 2. The minimum atomic E-state index is -0.603. The molecule has 1 N–H and O–H groups in total. The molecule has 0 aliphatic heterocycles. The molecule has 4 nitrogen and oxygen atoms in total. The van der Waals surface area contributed by atoms with E-state index in [1.807, 2.05) is 19.9 Å². The number of amides is 2. The molecule has 0 saturated carbocycles. The van der Waals surface area contributed by atoms with Gasteiger partial charge in [0.2, 0.25) is 11.8 Å². The molecule has 2 rings (SSSR count). The van der Waals surface area contributed by atoms with Gasteiger partial charge in [-0.05, 0) is 61.4 Å². The van der Waals surface area contributed by atoms with Crippen LogP contribution in [-0.2, 0) is 22.6 Å². The van der Waals surface area contributed by atoms with Gasteiger partial charge < -0.3 is 10.2 Å². The summed E-state index contributed by atoms with van der Waals surface area (Å²) in [6.45, 7) is 10.3. The number of carbonyl (C=O) groups excluding carboxylic acids is 2. The summed E-state index contributed by atoms with van der Waals surface area (Å²) in [6, 6.07) is 13.1. The Labute approximate surface area is 202 Å². The minimum Gasteiger partial charge on any atom is -0.352 e. The van der Waals surface area contributed by atoms with Crippen LogP contribution in [0.1, 0.15) is 70.1 Å². The molecule has 2 aromatic rings. The summed E-state index contributed by atoms with van der Waals surface area (Å²) < 4.78 is 0. The first-order valence-corrected chi connectivity index (χ1v) is 12.0.